The quantitative estimate of drug-likeness (QED) is 0.314. The maximum Gasteiger partial charge on any atom is 0.334 e. The second-order valence-electron chi connectivity index (χ2n) is 9.92. The third-order valence-electron chi connectivity index (χ3n) is 7.20. The standard InChI is InChI=1S/C30H30N8O4/c39-26-18-21-8-4-5-11-25(21)37(22-9-2-1-3-10-22)20-24(26)32-30(41)34-33-29(40)23-19-38(27-12-6-7-13-31-27)35-28(23)36-14-16-42-17-15-36/h1-13,19,24H,14-18,20H2,(H,33,40)(H2,32,34,41)/t24-/m0/s1. The Kier molecular flexibility index (Phi) is 7.77. The van der Waals surface area contributed by atoms with Crippen LogP contribution in [0.3, 0.4) is 0 Å². The van der Waals surface area contributed by atoms with E-state index in [9.17, 15) is 14.4 Å². The minimum absolute atomic E-state index is 0.131. The molecule has 3 N–H and O–H groups in total. The Hall–Kier alpha value is -5.23. The molecule has 2 aliphatic rings. The van der Waals surface area contributed by atoms with E-state index < -0.39 is 18.0 Å². The van der Waals surface area contributed by atoms with E-state index in [-0.39, 0.29) is 24.3 Å². The smallest absolute Gasteiger partial charge is 0.334 e. The van der Waals surface area contributed by atoms with Crippen LogP contribution in [-0.4, -0.2) is 71.4 Å². The minimum Gasteiger partial charge on any atom is -0.378 e. The lowest BCUT2D eigenvalue weighted by Crippen LogP contribution is -2.54. The van der Waals surface area contributed by atoms with E-state index in [0.29, 0.717) is 37.9 Å². The molecule has 0 aliphatic carbocycles. The summed E-state index contributed by atoms with van der Waals surface area (Å²) in [5.74, 6) is 0.319. The van der Waals surface area contributed by atoms with Gasteiger partial charge in [-0.15, -0.1) is 5.10 Å². The van der Waals surface area contributed by atoms with Crippen molar-refractivity contribution < 1.29 is 19.1 Å². The van der Waals surface area contributed by atoms with Crippen LogP contribution < -0.4 is 26.0 Å². The van der Waals surface area contributed by atoms with Crippen molar-refractivity contribution in [2.45, 2.75) is 12.5 Å². The molecule has 0 radical (unpaired) electrons. The average molecular weight is 567 g/mol. The highest BCUT2D eigenvalue weighted by Gasteiger charge is 2.30. The molecule has 2 aliphatic heterocycles. The van der Waals surface area contributed by atoms with Crippen molar-refractivity contribution in [2.24, 2.45) is 0 Å². The maximum absolute atomic E-state index is 13.3. The number of rotatable bonds is 5. The van der Waals surface area contributed by atoms with Crippen LogP contribution in [0.2, 0.25) is 0 Å². The Morgan fingerprint density at radius 2 is 1.67 bits per heavy atom. The molecule has 0 unspecified atom stereocenters. The van der Waals surface area contributed by atoms with E-state index in [1.807, 2.05) is 70.5 Å². The number of fused-ring (bicyclic) bond motifs is 1. The molecule has 42 heavy (non-hydrogen) atoms. The summed E-state index contributed by atoms with van der Waals surface area (Å²) in [6.45, 7) is 2.39. The number of urea groups is 1. The molecule has 1 saturated heterocycles. The summed E-state index contributed by atoms with van der Waals surface area (Å²) in [4.78, 5) is 47.8. The second kappa shape index (κ2) is 12.1. The third kappa shape index (κ3) is 5.79. The number of benzene rings is 2. The van der Waals surface area contributed by atoms with Crippen molar-refractivity contribution in [3.05, 3.63) is 96.3 Å². The predicted octanol–water partition coefficient (Wildman–Crippen LogP) is 2.38. The summed E-state index contributed by atoms with van der Waals surface area (Å²) < 4.78 is 6.98. The first kappa shape index (κ1) is 27.0. The van der Waals surface area contributed by atoms with E-state index in [1.165, 1.54) is 4.68 Å². The van der Waals surface area contributed by atoms with Crippen molar-refractivity contribution in [1.29, 1.82) is 0 Å². The van der Waals surface area contributed by atoms with Crippen molar-refractivity contribution in [3.8, 4) is 5.82 Å². The Balaban J connectivity index is 1.16. The highest BCUT2D eigenvalue weighted by atomic mass is 16.5. The fourth-order valence-corrected chi connectivity index (χ4v) is 5.11. The third-order valence-corrected chi connectivity index (χ3v) is 7.20. The van der Waals surface area contributed by atoms with Gasteiger partial charge in [-0.2, -0.15) is 0 Å². The van der Waals surface area contributed by atoms with Crippen LogP contribution in [0.4, 0.5) is 22.0 Å². The molecule has 214 valence electrons. The first-order chi connectivity index (χ1) is 20.6. The van der Waals surface area contributed by atoms with E-state index in [1.54, 1.807) is 24.5 Å². The molecular formula is C30H30N8O4. The molecule has 2 aromatic heterocycles. The van der Waals surface area contributed by atoms with Crippen LogP contribution in [0, 0.1) is 0 Å². The van der Waals surface area contributed by atoms with Crippen LogP contribution in [0.25, 0.3) is 5.82 Å². The van der Waals surface area contributed by atoms with Gasteiger partial charge in [0.25, 0.3) is 5.91 Å². The Morgan fingerprint density at radius 1 is 0.905 bits per heavy atom. The fraction of sp³-hybridized carbons (Fsp3) is 0.233. The molecule has 6 rings (SSSR count). The number of Topliss-reactive ketones (excluding diaryl/α,β-unsaturated/α-hetero) is 1. The highest BCUT2D eigenvalue weighted by molar-refractivity contribution is 6.00. The Morgan fingerprint density at radius 3 is 2.45 bits per heavy atom. The molecule has 0 saturated carbocycles. The van der Waals surface area contributed by atoms with Gasteiger partial charge in [0.1, 0.15) is 11.6 Å². The van der Waals surface area contributed by atoms with Gasteiger partial charge >= 0.3 is 6.03 Å². The number of nitrogens with zero attached hydrogens (tertiary/aromatic N) is 5. The van der Waals surface area contributed by atoms with Gasteiger partial charge in [-0.1, -0.05) is 42.5 Å². The van der Waals surface area contributed by atoms with Crippen LogP contribution in [-0.2, 0) is 16.0 Å². The average Bonchev–Trinajstić information content (AvgIpc) is 3.44. The summed E-state index contributed by atoms with van der Waals surface area (Å²) in [5.41, 5.74) is 7.83. The number of aromatic nitrogens is 3. The van der Waals surface area contributed by atoms with Crippen molar-refractivity contribution in [1.82, 2.24) is 30.9 Å². The summed E-state index contributed by atoms with van der Waals surface area (Å²) in [5, 5.41) is 7.35. The SMILES string of the molecule is O=C(NNC(=O)c1cn(-c2ccccn2)nc1N1CCOCC1)N[C@H]1CN(c2ccccc2)c2ccccc2CC1=O. The van der Waals surface area contributed by atoms with Gasteiger partial charge in [-0.05, 0) is 35.9 Å². The number of morpholine rings is 1. The van der Waals surface area contributed by atoms with Gasteiger partial charge in [0, 0.05) is 43.3 Å². The lowest BCUT2D eigenvalue weighted by molar-refractivity contribution is -0.119. The van der Waals surface area contributed by atoms with Gasteiger partial charge in [0.05, 0.1) is 19.8 Å². The fourth-order valence-electron chi connectivity index (χ4n) is 5.11. The summed E-state index contributed by atoms with van der Waals surface area (Å²) in [6.07, 6.45) is 3.39. The van der Waals surface area contributed by atoms with E-state index in [0.717, 1.165) is 16.9 Å². The van der Waals surface area contributed by atoms with Crippen molar-refractivity contribution >= 4 is 34.9 Å². The molecule has 1 atom stereocenters. The van der Waals surface area contributed by atoms with Crippen LogP contribution in [0.5, 0.6) is 0 Å². The number of carbonyl (C=O) groups excluding carboxylic acids is 3. The number of pyridine rings is 1. The van der Waals surface area contributed by atoms with E-state index in [2.05, 4.69) is 26.3 Å². The number of amides is 3. The van der Waals surface area contributed by atoms with Crippen LogP contribution in [0.15, 0.2) is 85.2 Å². The molecule has 2 aromatic carbocycles. The number of para-hydroxylation sites is 2. The molecule has 3 amide bonds. The van der Waals surface area contributed by atoms with Gasteiger partial charge < -0.3 is 19.9 Å². The number of hydrogen-bond acceptors (Lipinski definition) is 8. The maximum atomic E-state index is 13.3. The summed E-state index contributed by atoms with van der Waals surface area (Å²) >= 11 is 0. The molecule has 12 nitrogen and oxygen atoms in total. The van der Waals surface area contributed by atoms with Crippen molar-refractivity contribution in [2.75, 3.05) is 42.6 Å². The van der Waals surface area contributed by atoms with E-state index >= 15 is 0 Å². The summed E-state index contributed by atoms with van der Waals surface area (Å²) in [6, 6.07) is 21.3. The molecule has 0 bridgehead atoms. The first-order valence-corrected chi connectivity index (χ1v) is 13.7. The number of ether oxygens (including phenoxy) is 1. The molecule has 4 aromatic rings. The van der Waals surface area contributed by atoms with Gasteiger partial charge in [0.2, 0.25) is 0 Å². The predicted molar refractivity (Wildman–Crippen MR) is 156 cm³/mol. The van der Waals surface area contributed by atoms with Gasteiger partial charge in [0.15, 0.2) is 17.4 Å². The molecule has 12 heteroatoms. The molecular weight excluding hydrogens is 536 g/mol. The zero-order valence-corrected chi connectivity index (χ0v) is 22.8. The zero-order valence-electron chi connectivity index (χ0n) is 22.8. The highest BCUT2D eigenvalue weighted by Crippen LogP contribution is 2.31. The first-order valence-electron chi connectivity index (χ1n) is 13.7. The second-order valence-corrected chi connectivity index (χ2v) is 9.92. The van der Waals surface area contributed by atoms with Crippen molar-refractivity contribution in [3.63, 3.8) is 0 Å². The van der Waals surface area contributed by atoms with Gasteiger partial charge in [-0.25, -0.2) is 19.9 Å². The number of anilines is 3. The monoisotopic (exact) mass is 566 g/mol. The number of hydrogen-bond donors (Lipinski definition) is 3. The van der Waals surface area contributed by atoms with Crippen LogP contribution in [0.1, 0.15) is 15.9 Å². The van der Waals surface area contributed by atoms with Crippen LogP contribution >= 0.6 is 0 Å². The minimum atomic E-state index is -0.815. The Labute approximate surface area is 242 Å². The number of ketones is 1. The lowest BCUT2D eigenvalue weighted by Gasteiger charge is -2.28. The largest absolute Gasteiger partial charge is 0.378 e. The number of hydrazine groups is 1. The van der Waals surface area contributed by atoms with Gasteiger partial charge in [-0.3, -0.25) is 15.0 Å². The molecule has 1 fully saturated rings. The summed E-state index contributed by atoms with van der Waals surface area (Å²) in [7, 11) is 0. The number of carbonyl (C=O) groups is 3. The molecule has 4 heterocycles. The Bertz CT molecular complexity index is 1570. The topological polar surface area (TPSA) is 134 Å². The zero-order chi connectivity index (χ0) is 28.9. The van der Waals surface area contributed by atoms with E-state index in [4.69, 9.17) is 4.74 Å². The number of nitrogens with one attached hydrogen (secondary N) is 3. The lowest BCUT2D eigenvalue weighted by atomic mass is 10.0. The normalized spacial score (nSPS) is 16.8. The molecule has 0 spiro atoms.